The maximum Gasteiger partial charge on any atom is 0.0592 e. The number of nitrogens with two attached hydrogens (primary N) is 1. The molecule has 4 N–H and O–H groups in total. The van der Waals surface area contributed by atoms with Crippen molar-refractivity contribution in [3.05, 3.63) is 0 Å². The molecule has 0 amide bonds. The van der Waals surface area contributed by atoms with Crippen LogP contribution in [0.3, 0.4) is 0 Å². The number of aliphatic hydroxyl groups is 2. The predicted molar refractivity (Wildman–Crippen MR) is 40.6 cm³/mol. The minimum Gasteiger partial charge on any atom is -0.395 e. The molecular formula is C7H17NO2. The normalized spacial score (nSPS) is 15.3. The first kappa shape index (κ1) is 9.88. The van der Waals surface area contributed by atoms with Gasteiger partial charge in [-0.25, -0.2) is 0 Å². The summed E-state index contributed by atoms with van der Waals surface area (Å²) in [6, 6.07) is -0.188. The third kappa shape index (κ3) is 6.01. The minimum atomic E-state index is -0.660. The zero-order valence-corrected chi connectivity index (χ0v) is 6.67. The van der Waals surface area contributed by atoms with E-state index in [0.717, 1.165) is 0 Å². The van der Waals surface area contributed by atoms with Crippen molar-refractivity contribution in [2.75, 3.05) is 6.61 Å². The molecule has 3 heteroatoms. The van der Waals surface area contributed by atoms with Gasteiger partial charge in [-0.3, -0.25) is 0 Å². The zero-order valence-electron chi connectivity index (χ0n) is 6.67. The van der Waals surface area contributed by atoms with Gasteiger partial charge < -0.3 is 15.9 Å². The van der Waals surface area contributed by atoms with Gasteiger partial charge in [-0.1, -0.05) is 0 Å². The monoisotopic (exact) mass is 147 g/mol. The van der Waals surface area contributed by atoms with Crippen molar-refractivity contribution in [1.82, 2.24) is 0 Å². The summed E-state index contributed by atoms with van der Waals surface area (Å²) < 4.78 is 0. The highest BCUT2D eigenvalue weighted by Gasteiger charge is 2.13. The van der Waals surface area contributed by atoms with Crippen molar-refractivity contribution in [3.8, 4) is 0 Å². The summed E-state index contributed by atoms with van der Waals surface area (Å²) in [5.74, 6) is 0. The fourth-order valence-corrected chi connectivity index (χ4v) is 0.630. The van der Waals surface area contributed by atoms with Gasteiger partial charge >= 0.3 is 0 Å². The molecule has 0 aromatic heterocycles. The lowest BCUT2D eigenvalue weighted by atomic mass is 10.00. The molecule has 10 heavy (non-hydrogen) atoms. The first-order valence-electron chi connectivity index (χ1n) is 3.54. The lowest BCUT2D eigenvalue weighted by Crippen LogP contribution is -2.28. The molecule has 0 aliphatic carbocycles. The molecule has 62 valence electrons. The quantitative estimate of drug-likeness (QED) is 0.518. The van der Waals surface area contributed by atoms with Gasteiger partial charge in [0.25, 0.3) is 0 Å². The first-order valence-corrected chi connectivity index (χ1v) is 3.54. The third-order valence-corrected chi connectivity index (χ3v) is 1.36. The van der Waals surface area contributed by atoms with Crippen molar-refractivity contribution in [2.45, 2.75) is 38.3 Å². The van der Waals surface area contributed by atoms with Gasteiger partial charge in [-0.05, 0) is 26.7 Å². The lowest BCUT2D eigenvalue weighted by Gasteiger charge is -2.18. The maximum absolute atomic E-state index is 9.22. The molecule has 0 bridgehead atoms. The predicted octanol–water partition coefficient (Wildman–Crippen LogP) is -0.143. The second kappa shape index (κ2) is 3.91. The molecule has 0 saturated carbocycles. The SMILES string of the molecule is CC(C)(O)CC[C@@H](N)CO. The Morgan fingerprint density at radius 1 is 1.50 bits per heavy atom. The summed E-state index contributed by atoms with van der Waals surface area (Å²) in [5, 5.41) is 17.7. The van der Waals surface area contributed by atoms with Gasteiger partial charge in [0.2, 0.25) is 0 Å². The Morgan fingerprint density at radius 3 is 2.30 bits per heavy atom. The molecule has 3 nitrogen and oxygen atoms in total. The van der Waals surface area contributed by atoms with Gasteiger partial charge in [0.15, 0.2) is 0 Å². The van der Waals surface area contributed by atoms with Gasteiger partial charge in [-0.2, -0.15) is 0 Å². The zero-order chi connectivity index (χ0) is 8.20. The Kier molecular flexibility index (Phi) is 3.86. The summed E-state index contributed by atoms with van der Waals surface area (Å²) in [4.78, 5) is 0. The molecule has 0 saturated heterocycles. The molecular weight excluding hydrogens is 130 g/mol. The summed E-state index contributed by atoms with van der Waals surface area (Å²) in [6.45, 7) is 3.46. The summed E-state index contributed by atoms with van der Waals surface area (Å²) in [6.07, 6.45) is 1.30. The van der Waals surface area contributed by atoms with Crippen LogP contribution in [0.5, 0.6) is 0 Å². The highest BCUT2D eigenvalue weighted by atomic mass is 16.3. The summed E-state index contributed by atoms with van der Waals surface area (Å²) in [5.41, 5.74) is 4.76. The van der Waals surface area contributed by atoms with Crippen molar-refractivity contribution in [3.63, 3.8) is 0 Å². The number of rotatable bonds is 4. The molecule has 0 aliphatic heterocycles. The van der Waals surface area contributed by atoms with Crippen LogP contribution >= 0.6 is 0 Å². The van der Waals surface area contributed by atoms with Gasteiger partial charge in [0.1, 0.15) is 0 Å². The Balaban J connectivity index is 3.36. The Hall–Kier alpha value is -0.120. The van der Waals surface area contributed by atoms with Gasteiger partial charge in [0.05, 0.1) is 12.2 Å². The molecule has 0 heterocycles. The van der Waals surface area contributed by atoms with E-state index in [1.807, 2.05) is 0 Å². The minimum absolute atomic E-state index is 0.00389. The Morgan fingerprint density at radius 2 is 2.00 bits per heavy atom. The number of hydrogen-bond acceptors (Lipinski definition) is 3. The van der Waals surface area contributed by atoms with E-state index in [2.05, 4.69) is 0 Å². The molecule has 0 aliphatic rings. The first-order chi connectivity index (χ1) is 4.45. The van der Waals surface area contributed by atoms with Gasteiger partial charge in [-0.15, -0.1) is 0 Å². The van der Waals surface area contributed by atoms with E-state index in [4.69, 9.17) is 10.8 Å². The lowest BCUT2D eigenvalue weighted by molar-refractivity contribution is 0.0644. The average molecular weight is 147 g/mol. The van der Waals surface area contributed by atoms with Crippen molar-refractivity contribution >= 4 is 0 Å². The Bertz CT molecular complexity index is 88.1. The molecule has 0 fully saturated rings. The Labute approximate surface area is 61.9 Å². The average Bonchev–Trinajstić information content (AvgIpc) is 1.81. The van der Waals surface area contributed by atoms with E-state index in [9.17, 15) is 5.11 Å². The van der Waals surface area contributed by atoms with Crippen molar-refractivity contribution in [1.29, 1.82) is 0 Å². The van der Waals surface area contributed by atoms with Crippen LogP contribution in [0.1, 0.15) is 26.7 Å². The highest BCUT2D eigenvalue weighted by molar-refractivity contribution is 4.69. The van der Waals surface area contributed by atoms with E-state index in [0.29, 0.717) is 12.8 Å². The fraction of sp³-hybridized carbons (Fsp3) is 1.00. The van der Waals surface area contributed by atoms with Crippen LogP contribution in [0.25, 0.3) is 0 Å². The van der Waals surface area contributed by atoms with Crippen LogP contribution in [0.4, 0.5) is 0 Å². The van der Waals surface area contributed by atoms with Crippen molar-refractivity contribution in [2.24, 2.45) is 5.73 Å². The molecule has 0 rings (SSSR count). The summed E-state index contributed by atoms with van der Waals surface area (Å²) in [7, 11) is 0. The van der Waals surface area contributed by atoms with E-state index in [-0.39, 0.29) is 12.6 Å². The van der Waals surface area contributed by atoms with E-state index in [1.54, 1.807) is 13.8 Å². The van der Waals surface area contributed by atoms with E-state index in [1.165, 1.54) is 0 Å². The number of aliphatic hydroxyl groups excluding tert-OH is 1. The number of hydrogen-bond donors (Lipinski definition) is 3. The molecule has 0 aromatic rings. The molecule has 1 atom stereocenters. The smallest absolute Gasteiger partial charge is 0.0592 e. The highest BCUT2D eigenvalue weighted by Crippen LogP contribution is 2.10. The summed E-state index contributed by atoms with van der Waals surface area (Å²) >= 11 is 0. The topological polar surface area (TPSA) is 66.5 Å². The second-order valence-corrected chi connectivity index (χ2v) is 3.29. The van der Waals surface area contributed by atoms with Crippen LogP contribution < -0.4 is 5.73 Å². The van der Waals surface area contributed by atoms with Crippen LogP contribution in [0.15, 0.2) is 0 Å². The van der Waals surface area contributed by atoms with Crippen LogP contribution in [-0.4, -0.2) is 28.5 Å². The molecule has 0 radical (unpaired) electrons. The second-order valence-electron chi connectivity index (χ2n) is 3.29. The molecule has 0 unspecified atom stereocenters. The van der Waals surface area contributed by atoms with E-state index >= 15 is 0 Å². The largest absolute Gasteiger partial charge is 0.395 e. The third-order valence-electron chi connectivity index (χ3n) is 1.36. The fourth-order valence-electron chi connectivity index (χ4n) is 0.630. The van der Waals surface area contributed by atoms with Crippen LogP contribution in [-0.2, 0) is 0 Å². The van der Waals surface area contributed by atoms with E-state index < -0.39 is 5.60 Å². The van der Waals surface area contributed by atoms with Crippen molar-refractivity contribution < 1.29 is 10.2 Å². The molecule has 0 aromatic carbocycles. The maximum atomic E-state index is 9.22. The standard InChI is InChI=1S/C7H17NO2/c1-7(2,10)4-3-6(8)5-9/h6,9-10H,3-5,8H2,1-2H3/t6-/m1/s1. The van der Waals surface area contributed by atoms with Crippen LogP contribution in [0, 0.1) is 0 Å². The van der Waals surface area contributed by atoms with Gasteiger partial charge in [0, 0.05) is 6.04 Å². The van der Waals surface area contributed by atoms with Crippen LogP contribution in [0.2, 0.25) is 0 Å². The molecule has 0 spiro atoms.